The molecule has 1 saturated carbocycles. The molecule has 1 aromatic heterocycles. The molecule has 7 heteroatoms. The molecule has 0 saturated heterocycles. The van der Waals surface area contributed by atoms with Gasteiger partial charge in [-0.25, -0.2) is 9.37 Å². The number of aromatic nitrogens is 2. The van der Waals surface area contributed by atoms with E-state index < -0.39 is 5.91 Å². The Labute approximate surface area is 246 Å². The number of fused-ring (bicyclic) bond motifs is 1. The van der Waals surface area contributed by atoms with Gasteiger partial charge in [0.25, 0.3) is 5.91 Å². The van der Waals surface area contributed by atoms with Crippen molar-refractivity contribution < 1.29 is 14.3 Å². The maximum atomic E-state index is 13.5. The van der Waals surface area contributed by atoms with Gasteiger partial charge in [-0.2, -0.15) is 0 Å². The van der Waals surface area contributed by atoms with E-state index in [9.17, 15) is 14.3 Å². The third-order valence-corrected chi connectivity index (χ3v) is 8.35. The van der Waals surface area contributed by atoms with Gasteiger partial charge in [-0.05, 0) is 99.0 Å². The van der Waals surface area contributed by atoms with E-state index in [1.54, 1.807) is 12.1 Å². The number of nitrogens with zero attached hydrogens (tertiary/aromatic N) is 1. The number of nitrogens with two attached hydrogens (primary N) is 1. The molecule has 42 heavy (non-hydrogen) atoms. The Morgan fingerprint density at radius 3 is 2.71 bits per heavy atom. The van der Waals surface area contributed by atoms with Crippen molar-refractivity contribution in [1.29, 1.82) is 0 Å². The zero-order chi connectivity index (χ0) is 29.8. The molecule has 2 aliphatic rings. The van der Waals surface area contributed by atoms with Crippen molar-refractivity contribution in [1.82, 2.24) is 9.97 Å². The van der Waals surface area contributed by atoms with Gasteiger partial charge in [0, 0.05) is 29.8 Å². The van der Waals surface area contributed by atoms with Crippen molar-refractivity contribution in [3.63, 3.8) is 0 Å². The molecule has 0 bridgehead atoms. The van der Waals surface area contributed by atoms with Gasteiger partial charge < -0.3 is 21.1 Å². The minimum absolute atomic E-state index is 0.190. The molecule has 1 heterocycles. The number of H-pyrrole nitrogens is 1. The second-order valence-corrected chi connectivity index (χ2v) is 11.4. The molecule has 6 rings (SSSR count). The molecular formula is C35H39FN4O2. The van der Waals surface area contributed by atoms with E-state index in [-0.39, 0.29) is 24.4 Å². The first-order valence-electron chi connectivity index (χ1n) is 14.6. The highest BCUT2D eigenvalue weighted by molar-refractivity contribution is 5.98. The number of rotatable bonds is 6. The van der Waals surface area contributed by atoms with Crippen LogP contribution in [-0.4, -0.2) is 33.6 Å². The van der Waals surface area contributed by atoms with E-state index in [4.69, 9.17) is 5.73 Å². The smallest absolute Gasteiger partial charge is 0.250 e. The predicted molar refractivity (Wildman–Crippen MR) is 169 cm³/mol. The Morgan fingerprint density at radius 2 is 1.95 bits per heavy atom. The average molecular weight is 567 g/mol. The fourth-order valence-corrected chi connectivity index (χ4v) is 6.04. The average Bonchev–Trinajstić information content (AvgIpc) is 3.60. The second kappa shape index (κ2) is 12.7. The van der Waals surface area contributed by atoms with E-state index in [2.05, 4.69) is 53.4 Å². The molecular weight excluding hydrogens is 527 g/mol. The summed E-state index contributed by atoms with van der Waals surface area (Å²) in [5, 5.41) is 12.7. The van der Waals surface area contributed by atoms with Crippen molar-refractivity contribution in [2.75, 3.05) is 11.9 Å². The number of imidazole rings is 1. The van der Waals surface area contributed by atoms with Gasteiger partial charge in [0.1, 0.15) is 11.6 Å². The molecule has 5 N–H and O–H groups in total. The van der Waals surface area contributed by atoms with Gasteiger partial charge in [0.15, 0.2) is 0 Å². The van der Waals surface area contributed by atoms with Gasteiger partial charge >= 0.3 is 0 Å². The van der Waals surface area contributed by atoms with Crippen LogP contribution in [0.3, 0.4) is 0 Å². The third kappa shape index (κ3) is 6.31. The Hall–Kier alpha value is -4.23. The van der Waals surface area contributed by atoms with Gasteiger partial charge in [-0.15, -0.1) is 0 Å². The number of nitrogens with one attached hydrogen (secondary N) is 2. The molecule has 0 aliphatic heterocycles. The number of aliphatic hydroxyl groups is 1. The van der Waals surface area contributed by atoms with E-state index in [1.807, 2.05) is 25.1 Å². The van der Waals surface area contributed by atoms with E-state index >= 15 is 0 Å². The Morgan fingerprint density at radius 1 is 1.12 bits per heavy atom. The minimum Gasteiger partial charge on any atom is -0.396 e. The molecule has 4 aromatic rings. The third-order valence-electron chi connectivity index (χ3n) is 8.35. The lowest BCUT2D eigenvalue weighted by atomic mass is 9.87. The van der Waals surface area contributed by atoms with E-state index in [0.717, 1.165) is 65.8 Å². The van der Waals surface area contributed by atoms with Crippen molar-refractivity contribution in [2.45, 2.75) is 58.9 Å². The minimum atomic E-state index is -0.420. The van der Waals surface area contributed by atoms with Crippen molar-refractivity contribution in [3.05, 3.63) is 100 Å². The van der Waals surface area contributed by atoms with Gasteiger partial charge in [-0.3, -0.25) is 4.79 Å². The molecule has 218 valence electrons. The predicted octanol–water partition coefficient (Wildman–Crippen LogP) is 7.47. The maximum Gasteiger partial charge on any atom is 0.250 e. The summed E-state index contributed by atoms with van der Waals surface area (Å²) in [7, 11) is 0. The molecule has 0 spiro atoms. The Kier molecular flexibility index (Phi) is 8.88. The number of allylic oxidation sites excluding steroid dienone is 4. The van der Waals surface area contributed by atoms with Crippen LogP contribution in [0.5, 0.6) is 0 Å². The first-order valence-corrected chi connectivity index (χ1v) is 14.6. The first-order chi connectivity index (χ1) is 20.2. The summed E-state index contributed by atoms with van der Waals surface area (Å²) in [5.41, 5.74) is 15.4. The zero-order valence-corrected chi connectivity index (χ0v) is 24.5. The second-order valence-electron chi connectivity index (χ2n) is 11.4. The SMILES string of the molecule is CC1=C(c2c(C)cccc2-c2nc3ccc(F)cc3[nH]2)C=CCC1.Cc1ccc(C(N)=O)c(NC2CCCC2CO)c1. The van der Waals surface area contributed by atoms with Gasteiger partial charge in [-0.1, -0.05) is 48.4 Å². The van der Waals surface area contributed by atoms with Crippen LogP contribution in [-0.2, 0) is 0 Å². The van der Waals surface area contributed by atoms with Crippen LogP contribution in [0.1, 0.15) is 66.1 Å². The molecule has 2 unspecified atom stereocenters. The molecule has 2 atom stereocenters. The summed E-state index contributed by atoms with van der Waals surface area (Å²) in [5.74, 6) is 0.381. The van der Waals surface area contributed by atoms with Crippen LogP contribution < -0.4 is 11.1 Å². The molecule has 1 amide bonds. The highest BCUT2D eigenvalue weighted by Crippen LogP contribution is 2.36. The quantitative estimate of drug-likeness (QED) is 0.194. The number of carbonyl (C=O) groups excluding carboxylic acids is 1. The lowest BCUT2D eigenvalue weighted by molar-refractivity contribution is 0.100. The number of amides is 1. The number of halogens is 1. The summed E-state index contributed by atoms with van der Waals surface area (Å²) in [6.45, 7) is 6.50. The van der Waals surface area contributed by atoms with E-state index in [1.165, 1.54) is 34.4 Å². The summed E-state index contributed by atoms with van der Waals surface area (Å²) in [4.78, 5) is 19.3. The monoisotopic (exact) mass is 566 g/mol. The largest absolute Gasteiger partial charge is 0.396 e. The van der Waals surface area contributed by atoms with Crippen molar-refractivity contribution in [3.8, 4) is 11.4 Å². The molecule has 0 radical (unpaired) electrons. The number of benzene rings is 3. The fraction of sp³-hybridized carbons (Fsp3) is 0.314. The highest BCUT2D eigenvalue weighted by atomic mass is 19.1. The number of carbonyl (C=O) groups is 1. The summed E-state index contributed by atoms with van der Waals surface area (Å²) in [6.07, 6.45) is 9.80. The number of aliphatic hydroxyl groups excluding tert-OH is 1. The van der Waals surface area contributed by atoms with Crippen LogP contribution in [0, 0.1) is 25.6 Å². The van der Waals surface area contributed by atoms with Crippen molar-refractivity contribution in [2.24, 2.45) is 11.7 Å². The number of anilines is 1. The van der Waals surface area contributed by atoms with Crippen LogP contribution in [0.15, 0.2) is 72.3 Å². The standard InChI is InChI=1S/C21H19FN2.C14H20N2O2/c1-13-6-3-4-8-16(13)20-14(2)7-5-9-17(20)21-23-18-11-10-15(22)12-19(18)24-21;1-9-5-6-11(14(15)18)13(7-9)16-12-4-2-3-10(12)8-17/h4-5,7-12H,3,6H2,1-2H3,(H,23,24);5-7,10,12,16-17H,2-4,8H2,1H3,(H2,15,18). The fourth-order valence-electron chi connectivity index (χ4n) is 6.04. The Bertz CT molecular complexity index is 1670. The molecule has 6 nitrogen and oxygen atoms in total. The molecule has 3 aromatic carbocycles. The number of hydrogen-bond acceptors (Lipinski definition) is 4. The van der Waals surface area contributed by atoms with Crippen LogP contribution >= 0.6 is 0 Å². The summed E-state index contributed by atoms with van der Waals surface area (Å²) >= 11 is 0. The lowest BCUT2D eigenvalue weighted by Crippen LogP contribution is -2.28. The molecule has 2 aliphatic carbocycles. The van der Waals surface area contributed by atoms with E-state index in [0.29, 0.717) is 5.56 Å². The molecule has 1 fully saturated rings. The number of hydrogen-bond donors (Lipinski definition) is 4. The lowest BCUT2D eigenvalue weighted by Gasteiger charge is -2.22. The van der Waals surface area contributed by atoms with Crippen LogP contribution in [0.4, 0.5) is 10.1 Å². The number of aryl methyl sites for hydroxylation is 2. The topological polar surface area (TPSA) is 104 Å². The van der Waals surface area contributed by atoms with Crippen LogP contribution in [0.2, 0.25) is 0 Å². The summed E-state index contributed by atoms with van der Waals surface area (Å²) < 4.78 is 13.5. The normalized spacial score (nSPS) is 18.2. The highest BCUT2D eigenvalue weighted by Gasteiger charge is 2.27. The number of primary amides is 1. The number of aromatic amines is 1. The summed E-state index contributed by atoms with van der Waals surface area (Å²) in [6, 6.07) is 16.7. The van der Waals surface area contributed by atoms with Crippen molar-refractivity contribution >= 4 is 28.2 Å². The first kappa shape index (κ1) is 29.3. The zero-order valence-electron chi connectivity index (χ0n) is 24.5. The Balaban J connectivity index is 0.000000176. The maximum absolute atomic E-state index is 13.5. The van der Waals surface area contributed by atoms with Gasteiger partial charge in [0.2, 0.25) is 0 Å². The van der Waals surface area contributed by atoms with Crippen LogP contribution in [0.25, 0.3) is 28.0 Å². The van der Waals surface area contributed by atoms with Gasteiger partial charge in [0.05, 0.1) is 16.6 Å².